The molecule has 12 nitrogen and oxygen atoms in total. The van der Waals surface area contributed by atoms with E-state index < -0.39 is 42.1 Å². The molecular formula is C44H32BBrF6N10O2. The average Bonchev–Trinajstić information content (AvgIpc) is 3.96. The fraction of sp³-hybridized carbons (Fsp3) is 0.182. The highest BCUT2D eigenvalue weighted by molar-refractivity contribution is 9.10. The van der Waals surface area contributed by atoms with E-state index >= 15 is 0 Å². The number of benzene rings is 2. The van der Waals surface area contributed by atoms with Gasteiger partial charge in [0.25, 0.3) is 0 Å². The Morgan fingerprint density at radius 3 is 1.58 bits per heavy atom. The van der Waals surface area contributed by atoms with Crippen molar-refractivity contribution in [2.45, 2.75) is 51.2 Å². The molecule has 20 heteroatoms. The van der Waals surface area contributed by atoms with Gasteiger partial charge in [-0.2, -0.15) is 47.1 Å². The van der Waals surface area contributed by atoms with E-state index in [0.717, 1.165) is 28.4 Å². The molecule has 0 atom stereocenters. The van der Waals surface area contributed by atoms with Crippen LogP contribution in [-0.2, 0) is 21.7 Å². The summed E-state index contributed by atoms with van der Waals surface area (Å²) in [5.74, 6) is 0.159. The SMILES string of the molecule is CC1(C)OB(c2ccc3cnn(-c4cccc(C(F)(F)F)n4)c3c2)OC1(C)C.N#Cc1cccc(-c2ccc3cnn(-c4cccc(C(F)(F)F)n4)c3c2)n1.N#Cc1cccc(Br)n1. The van der Waals surface area contributed by atoms with Crippen molar-refractivity contribution in [3.8, 4) is 35.0 Å². The number of pyridine rings is 4. The molecule has 0 radical (unpaired) electrons. The first-order valence-corrected chi connectivity index (χ1v) is 19.9. The highest BCUT2D eigenvalue weighted by Gasteiger charge is 2.51. The van der Waals surface area contributed by atoms with Gasteiger partial charge in [-0.1, -0.05) is 48.5 Å². The van der Waals surface area contributed by atoms with Crippen LogP contribution in [0.2, 0.25) is 0 Å². The zero-order chi connectivity index (χ0) is 46.0. The lowest BCUT2D eigenvalue weighted by atomic mass is 9.79. The summed E-state index contributed by atoms with van der Waals surface area (Å²) in [5.41, 5.74) is 1.06. The quantitative estimate of drug-likeness (QED) is 0.0947. The molecule has 1 aliphatic heterocycles. The summed E-state index contributed by atoms with van der Waals surface area (Å²) in [6, 6.07) is 32.5. The molecule has 6 aromatic heterocycles. The molecule has 322 valence electrons. The third-order valence-corrected chi connectivity index (χ3v) is 10.6. The maximum atomic E-state index is 13.0. The predicted octanol–water partition coefficient (Wildman–Crippen LogP) is 9.83. The van der Waals surface area contributed by atoms with Crippen molar-refractivity contribution in [3.63, 3.8) is 0 Å². The first-order chi connectivity index (χ1) is 30.3. The van der Waals surface area contributed by atoms with Gasteiger partial charge in [-0.3, -0.25) is 0 Å². The molecule has 7 heterocycles. The zero-order valence-corrected chi connectivity index (χ0v) is 35.6. The van der Waals surface area contributed by atoms with E-state index in [1.807, 2.05) is 64.1 Å². The maximum Gasteiger partial charge on any atom is 0.494 e. The Kier molecular flexibility index (Phi) is 12.4. The molecule has 2 aromatic carbocycles. The van der Waals surface area contributed by atoms with Gasteiger partial charge in [-0.25, -0.2) is 29.3 Å². The van der Waals surface area contributed by atoms with Crippen LogP contribution in [-0.4, -0.2) is 57.8 Å². The molecule has 9 rings (SSSR count). The third-order valence-electron chi connectivity index (χ3n) is 10.2. The molecule has 8 aromatic rings. The summed E-state index contributed by atoms with van der Waals surface area (Å²) in [6.45, 7) is 7.84. The minimum atomic E-state index is -4.54. The number of hydrogen-bond donors (Lipinski definition) is 0. The van der Waals surface area contributed by atoms with Crippen LogP contribution in [0.5, 0.6) is 0 Å². The van der Waals surface area contributed by atoms with Crippen molar-refractivity contribution in [1.29, 1.82) is 10.5 Å². The van der Waals surface area contributed by atoms with Crippen LogP contribution < -0.4 is 5.46 Å². The van der Waals surface area contributed by atoms with E-state index in [1.54, 1.807) is 60.9 Å². The van der Waals surface area contributed by atoms with Crippen molar-refractivity contribution < 1.29 is 35.7 Å². The standard InChI is InChI=1S/C19H19BF3N3O2.C19H10F3N5.C6H3BrN2/c1-17(2)18(3,4)28-20(27-17)13-9-8-12-11-24-26(14(12)10-13)16-7-5-6-15(25-16)19(21,22)23;20-19(21,22)17-5-2-6-18(26-17)27-16-9-12(7-8-13(16)11-24-27)15-4-1-3-14(10-23)25-15;7-6-3-1-2-5(4-8)9-6/h5-11H,1-4H3;1-9,11H;1-3H. The Hall–Kier alpha value is -7.00. The van der Waals surface area contributed by atoms with E-state index in [1.165, 1.54) is 33.6 Å². The molecule has 0 N–H and O–H groups in total. The summed E-state index contributed by atoms with van der Waals surface area (Å²) in [6.07, 6.45) is -5.91. The van der Waals surface area contributed by atoms with E-state index in [0.29, 0.717) is 32.6 Å². The number of nitrogens with zero attached hydrogens (tertiary/aromatic N) is 10. The molecule has 1 saturated heterocycles. The molecular weight excluding hydrogens is 905 g/mol. The lowest BCUT2D eigenvalue weighted by Crippen LogP contribution is -2.41. The first kappa shape index (κ1) is 45.0. The van der Waals surface area contributed by atoms with Crippen LogP contribution in [0.15, 0.2) is 126 Å². The molecule has 0 bridgehead atoms. The second-order valence-electron chi connectivity index (χ2n) is 15.0. The summed E-state index contributed by atoms with van der Waals surface area (Å²) in [7, 11) is -0.577. The lowest BCUT2D eigenvalue weighted by Gasteiger charge is -2.32. The smallest absolute Gasteiger partial charge is 0.399 e. The van der Waals surface area contributed by atoms with E-state index in [4.69, 9.17) is 19.8 Å². The normalized spacial score (nSPS) is 14.2. The molecule has 0 aliphatic carbocycles. The van der Waals surface area contributed by atoms with Gasteiger partial charge < -0.3 is 9.31 Å². The van der Waals surface area contributed by atoms with Crippen molar-refractivity contribution in [3.05, 3.63) is 149 Å². The zero-order valence-electron chi connectivity index (χ0n) is 34.1. The highest BCUT2D eigenvalue weighted by Crippen LogP contribution is 2.37. The second kappa shape index (κ2) is 17.6. The van der Waals surface area contributed by atoms with Crippen molar-refractivity contribution >= 4 is 50.3 Å². The molecule has 0 spiro atoms. The van der Waals surface area contributed by atoms with Gasteiger partial charge in [-0.15, -0.1) is 0 Å². The van der Waals surface area contributed by atoms with Crippen LogP contribution >= 0.6 is 15.9 Å². The largest absolute Gasteiger partial charge is 0.494 e. The Morgan fingerprint density at radius 2 is 1.08 bits per heavy atom. The van der Waals surface area contributed by atoms with Gasteiger partial charge in [0.1, 0.15) is 39.5 Å². The summed E-state index contributed by atoms with van der Waals surface area (Å²) < 4.78 is 93.5. The van der Waals surface area contributed by atoms with Gasteiger partial charge in [0, 0.05) is 16.3 Å². The van der Waals surface area contributed by atoms with Crippen LogP contribution in [0.1, 0.15) is 50.5 Å². The minimum absolute atomic E-state index is 0.0655. The first-order valence-electron chi connectivity index (χ1n) is 19.1. The van der Waals surface area contributed by atoms with E-state index in [9.17, 15) is 26.3 Å². The molecule has 64 heavy (non-hydrogen) atoms. The van der Waals surface area contributed by atoms with E-state index in [2.05, 4.69) is 46.1 Å². The van der Waals surface area contributed by atoms with Crippen molar-refractivity contribution in [2.24, 2.45) is 0 Å². The summed E-state index contributed by atoms with van der Waals surface area (Å²) in [5, 5.41) is 27.2. The Morgan fingerprint density at radius 1 is 0.594 bits per heavy atom. The van der Waals surface area contributed by atoms with Crippen molar-refractivity contribution in [2.75, 3.05) is 0 Å². The Bertz CT molecular complexity index is 3070. The number of aromatic nitrogens is 8. The fourth-order valence-electron chi connectivity index (χ4n) is 6.23. The molecule has 1 fully saturated rings. The van der Waals surface area contributed by atoms with Gasteiger partial charge in [0.05, 0.1) is 40.3 Å². The number of hydrogen-bond acceptors (Lipinski definition) is 10. The van der Waals surface area contributed by atoms with Gasteiger partial charge in [0.15, 0.2) is 11.6 Å². The second-order valence-corrected chi connectivity index (χ2v) is 15.8. The fourth-order valence-corrected chi connectivity index (χ4v) is 6.57. The molecule has 0 unspecified atom stereocenters. The van der Waals surface area contributed by atoms with E-state index in [-0.39, 0.29) is 17.3 Å². The molecule has 1 aliphatic rings. The predicted molar refractivity (Wildman–Crippen MR) is 228 cm³/mol. The van der Waals surface area contributed by atoms with Crippen LogP contribution in [0.4, 0.5) is 26.3 Å². The molecule has 0 saturated carbocycles. The Balaban J connectivity index is 0.000000161. The average molecular weight is 938 g/mol. The third kappa shape index (κ3) is 9.79. The topological polar surface area (TPSA) is 153 Å². The number of rotatable bonds is 4. The van der Waals surface area contributed by atoms with Gasteiger partial charge in [-0.05, 0) is 110 Å². The lowest BCUT2D eigenvalue weighted by molar-refractivity contribution is -0.141. The molecule has 0 amide bonds. The monoisotopic (exact) mass is 936 g/mol. The minimum Gasteiger partial charge on any atom is -0.399 e. The number of nitriles is 2. The van der Waals surface area contributed by atoms with Crippen LogP contribution in [0.25, 0.3) is 44.7 Å². The number of halogens is 7. The highest BCUT2D eigenvalue weighted by atomic mass is 79.9. The van der Waals surface area contributed by atoms with Crippen LogP contribution in [0.3, 0.4) is 0 Å². The van der Waals surface area contributed by atoms with Gasteiger partial charge >= 0.3 is 19.5 Å². The summed E-state index contributed by atoms with van der Waals surface area (Å²) in [4.78, 5) is 15.5. The van der Waals surface area contributed by atoms with Crippen LogP contribution in [0, 0.1) is 22.7 Å². The maximum absolute atomic E-state index is 13.0. The van der Waals surface area contributed by atoms with Crippen molar-refractivity contribution in [1.82, 2.24) is 39.5 Å². The van der Waals surface area contributed by atoms with Gasteiger partial charge in [0.2, 0.25) is 0 Å². The Labute approximate surface area is 370 Å². The number of alkyl halides is 6. The number of fused-ring (bicyclic) bond motifs is 2. The summed E-state index contributed by atoms with van der Waals surface area (Å²) >= 11 is 3.14.